The van der Waals surface area contributed by atoms with Crippen molar-refractivity contribution >= 4 is 23.2 Å². The molecular weight excluding hydrogens is 380 g/mol. The van der Waals surface area contributed by atoms with Gasteiger partial charge in [-0.05, 0) is 62.4 Å². The van der Waals surface area contributed by atoms with Crippen LogP contribution in [0.15, 0.2) is 84.9 Å². The summed E-state index contributed by atoms with van der Waals surface area (Å²) in [5.74, 6) is 0.733. The third kappa shape index (κ3) is 6.10. The van der Waals surface area contributed by atoms with E-state index in [0.717, 1.165) is 0 Å². The monoisotopic (exact) mass is 404 g/mol. The molecule has 0 bridgehead atoms. The van der Waals surface area contributed by atoms with Crippen LogP contribution in [-0.4, -0.2) is 24.0 Å². The predicted octanol–water partition coefficient (Wildman–Crippen LogP) is 4.50. The highest BCUT2D eigenvalue weighted by Gasteiger charge is 2.16. The molecule has 2 N–H and O–H groups in total. The topological polar surface area (TPSA) is 76.7 Å². The molecule has 0 saturated heterocycles. The second kappa shape index (κ2) is 10.1. The largest absolute Gasteiger partial charge is 0.481 e. The van der Waals surface area contributed by atoms with Crippen LogP contribution in [0.3, 0.4) is 0 Å². The highest BCUT2D eigenvalue weighted by atomic mass is 16.5. The molecule has 0 unspecified atom stereocenters. The molecule has 0 aliphatic rings. The molecule has 0 radical (unpaired) electrons. The molecule has 154 valence electrons. The van der Waals surface area contributed by atoms with E-state index in [4.69, 9.17) is 9.47 Å². The summed E-state index contributed by atoms with van der Waals surface area (Å²) in [6, 6.07) is 25.2. The first kappa shape index (κ1) is 20.9. The van der Waals surface area contributed by atoms with E-state index in [1.165, 1.54) is 0 Å². The molecule has 0 saturated carbocycles. The number of rotatable bonds is 8. The maximum Gasteiger partial charge on any atom is 0.265 e. The Morgan fingerprint density at radius 3 is 1.27 bits per heavy atom. The Hall–Kier alpha value is -3.80. The van der Waals surface area contributed by atoms with Crippen LogP contribution < -0.4 is 20.1 Å². The summed E-state index contributed by atoms with van der Waals surface area (Å²) in [6.07, 6.45) is -1.30. The second-order valence-corrected chi connectivity index (χ2v) is 6.70. The van der Waals surface area contributed by atoms with E-state index in [1.807, 2.05) is 36.4 Å². The Morgan fingerprint density at radius 2 is 0.933 bits per heavy atom. The number of nitrogens with one attached hydrogen (secondary N) is 2. The Bertz CT molecular complexity index is 879. The molecular formula is C24H24N2O4. The van der Waals surface area contributed by atoms with Crippen LogP contribution in [0.5, 0.6) is 11.5 Å². The lowest BCUT2D eigenvalue weighted by molar-refractivity contribution is -0.122. The number of benzene rings is 3. The summed E-state index contributed by atoms with van der Waals surface area (Å²) in [6.45, 7) is 3.37. The summed E-state index contributed by atoms with van der Waals surface area (Å²) >= 11 is 0. The van der Waals surface area contributed by atoms with E-state index in [9.17, 15) is 9.59 Å². The lowest BCUT2D eigenvalue weighted by atomic mass is 10.2. The SMILES string of the molecule is C[C@@H](Oc1ccccc1)C(=O)Nc1ccc(NC(=O)[C@@H](C)Oc2ccccc2)cc1. The minimum absolute atomic E-state index is 0.263. The third-order valence-electron chi connectivity index (χ3n) is 4.27. The fourth-order valence-electron chi connectivity index (χ4n) is 2.64. The van der Waals surface area contributed by atoms with Crippen molar-refractivity contribution in [2.24, 2.45) is 0 Å². The summed E-state index contributed by atoms with van der Waals surface area (Å²) < 4.78 is 11.2. The van der Waals surface area contributed by atoms with Crippen molar-refractivity contribution in [2.75, 3.05) is 10.6 Å². The van der Waals surface area contributed by atoms with E-state index in [2.05, 4.69) is 10.6 Å². The molecule has 3 rings (SSSR count). The fraction of sp³-hybridized carbons (Fsp3) is 0.167. The van der Waals surface area contributed by atoms with Gasteiger partial charge in [-0.1, -0.05) is 36.4 Å². The normalized spacial score (nSPS) is 12.3. The van der Waals surface area contributed by atoms with Crippen LogP contribution >= 0.6 is 0 Å². The quantitative estimate of drug-likeness (QED) is 0.580. The number of hydrogen-bond acceptors (Lipinski definition) is 4. The van der Waals surface area contributed by atoms with Crippen molar-refractivity contribution in [3.8, 4) is 11.5 Å². The molecule has 3 aromatic rings. The van der Waals surface area contributed by atoms with Gasteiger partial charge in [0.25, 0.3) is 11.8 Å². The minimum atomic E-state index is -0.650. The number of carbonyl (C=O) groups excluding carboxylic acids is 2. The number of ether oxygens (including phenoxy) is 2. The van der Waals surface area contributed by atoms with E-state index in [1.54, 1.807) is 62.4 Å². The van der Waals surface area contributed by atoms with Gasteiger partial charge in [-0.2, -0.15) is 0 Å². The van der Waals surface area contributed by atoms with Crippen LogP contribution in [0.2, 0.25) is 0 Å². The van der Waals surface area contributed by atoms with Gasteiger partial charge in [0.05, 0.1) is 0 Å². The van der Waals surface area contributed by atoms with Crippen LogP contribution in [0.1, 0.15) is 13.8 Å². The molecule has 6 nitrogen and oxygen atoms in total. The smallest absolute Gasteiger partial charge is 0.265 e. The van der Waals surface area contributed by atoms with Gasteiger partial charge in [0, 0.05) is 11.4 Å². The Morgan fingerprint density at radius 1 is 0.600 bits per heavy atom. The van der Waals surface area contributed by atoms with E-state index in [0.29, 0.717) is 22.9 Å². The van der Waals surface area contributed by atoms with Gasteiger partial charge in [0.15, 0.2) is 12.2 Å². The zero-order valence-electron chi connectivity index (χ0n) is 16.9. The van der Waals surface area contributed by atoms with Crippen molar-refractivity contribution in [3.63, 3.8) is 0 Å². The van der Waals surface area contributed by atoms with Crippen LogP contribution in [0, 0.1) is 0 Å². The number of anilines is 2. The van der Waals surface area contributed by atoms with Crippen molar-refractivity contribution in [3.05, 3.63) is 84.9 Å². The molecule has 0 aliphatic heterocycles. The van der Waals surface area contributed by atoms with Gasteiger partial charge < -0.3 is 20.1 Å². The van der Waals surface area contributed by atoms with Crippen molar-refractivity contribution < 1.29 is 19.1 Å². The van der Waals surface area contributed by atoms with Crippen LogP contribution in [-0.2, 0) is 9.59 Å². The van der Waals surface area contributed by atoms with Gasteiger partial charge in [-0.3, -0.25) is 9.59 Å². The molecule has 6 heteroatoms. The highest BCUT2D eigenvalue weighted by Crippen LogP contribution is 2.17. The summed E-state index contributed by atoms with van der Waals surface area (Å²) in [5, 5.41) is 5.59. The molecule has 30 heavy (non-hydrogen) atoms. The Kier molecular flexibility index (Phi) is 7.05. The first-order chi connectivity index (χ1) is 14.5. The van der Waals surface area contributed by atoms with Crippen LogP contribution in [0.25, 0.3) is 0 Å². The molecule has 2 atom stereocenters. The van der Waals surface area contributed by atoms with E-state index >= 15 is 0 Å². The maximum absolute atomic E-state index is 12.3. The molecule has 0 aromatic heterocycles. The first-order valence-electron chi connectivity index (χ1n) is 9.66. The standard InChI is InChI=1S/C24H24N2O4/c1-17(29-21-9-5-3-6-10-21)23(27)25-19-13-15-20(16-14-19)26-24(28)18(2)30-22-11-7-4-8-12-22/h3-18H,1-2H3,(H,25,27)(H,26,28)/t17-,18-/m1/s1. The summed E-state index contributed by atoms with van der Waals surface area (Å²) in [5.41, 5.74) is 1.21. The van der Waals surface area contributed by atoms with Crippen molar-refractivity contribution in [2.45, 2.75) is 26.1 Å². The third-order valence-corrected chi connectivity index (χ3v) is 4.27. The first-order valence-corrected chi connectivity index (χ1v) is 9.66. The van der Waals surface area contributed by atoms with Crippen molar-refractivity contribution in [1.82, 2.24) is 0 Å². The molecule has 0 heterocycles. The average Bonchev–Trinajstić information content (AvgIpc) is 2.76. The van der Waals surface area contributed by atoms with Gasteiger partial charge in [0.1, 0.15) is 11.5 Å². The van der Waals surface area contributed by atoms with Gasteiger partial charge in [-0.15, -0.1) is 0 Å². The molecule has 0 aliphatic carbocycles. The fourth-order valence-corrected chi connectivity index (χ4v) is 2.64. The zero-order chi connectivity index (χ0) is 21.3. The lowest BCUT2D eigenvalue weighted by Gasteiger charge is -2.16. The molecule has 2 amide bonds. The number of carbonyl (C=O) groups is 2. The van der Waals surface area contributed by atoms with Crippen LogP contribution in [0.4, 0.5) is 11.4 Å². The number of para-hydroxylation sites is 2. The predicted molar refractivity (Wildman–Crippen MR) is 117 cm³/mol. The Labute approximate surface area is 175 Å². The molecule has 3 aromatic carbocycles. The second-order valence-electron chi connectivity index (χ2n) is 6.70. The molecule has 0 fully saturated rings. The van der Waals surface area contributed by atoms with Gasteiger partial charge >= 0.3 is 0 Å². The van der Waals surface area contributed by atoms with E-state index < -0.39 is 12.2 Å². The number of hydrogen-bond donors (Lipinski definition) is 2. The minimum Gasteiger partial charge on any atom is -0.481 e. The summed E-state index contributed by atoms with van der Waals surface area (Å²) in [4.78, 5) is 24.6. The van der Waals surface area contributed by atoms with Crippen molar-refractivity contribution in [1.29, 1.82) is 0 Å². The number of amides is 2. The zero-order valence-corrected chi connectivity index (χ0v) is 16.9. The molecule has 0 spiro atoms. The lowest BCUT2D eigenvalue weighted by Crippen LogP contribution is -2.30. The van der Waals surface area contributed by atoms with Gasteiger partial charge in [0.2, 0.25) is 0 Å². The average molecular weight is 404 g/mol. The summed E-state index contributed by atoms with van der Waals surface area (Å²) in [7, 11) is 0. The highest BCUT2D eigenvalue weighted by molar-refractivity contribution is 5.96. The van der Waals surface area contributed by atoms with E-state index in [-0.39, 0.29) is 11.8 Å². The maximum atomic E-state index is 12.3. The Balaban J connectivity index is 1.50. The van der Waals surface area contributed by atoms with Gasteiger partial charge in [-0.25, -0.2) is 0 Å².